The van der Waals surface area contributed by atoms with Crippen LogP contribution in [0, 0.1) is 11.3 Å². The summed E-state index contributed by atoms with van der Waals surface area (Å²) in [4.78, 5) is 17.3. The molecule has 1 aliphatic heterocycles. The standard InChI is InChI=1S/C24H30N4O3S/c1-3-19(2)26-32(30,31)23-11-9-22(10-12-23)24(29)28-14-4-13-27(15-16-28)18-21-7-5-20(17-25)6-8-21/h5-12,19,26H,3-4,13-16,18H2,1-2H3. The lowest BCUT2D eigenvalue weighted by molar-refractivity contribution is 0.0761. The van der Waals surface area contributed by atoms with E-state index in [0.29, 0.717) is 30.6 Å². The van der Waals surface area contributed by atoms with Gasteiger partial charge in [-0.05, 0) is 61.7 Å². The highest BCUT2D eigenvalue weighted by atomic mass is 32.2. The van der Waals surface area contributed by atoms with E-state index in [0.717, 1.165) is 31.6 Å². The van der Waals surface area contributed by atoms with Crippen molar-refractivity contribution >= 4 is 15.9 Å². The second kappa shape index (κ2) is 10.7. The van der Waals surface area contributed by atoms with Gasteiger partial charge in [-0.3, -0.25) is 9.69 Å². The lowest BCUT2D eigenvalue weighted by atomic mass is 10.1. The van der Waals surface area contributed by atoms with E-state index in [9.17, 15) is 13.2 Å². The number of rotatable bonds is 7. The van der Waals surface area contributed by atoms with Crippen molar-refractivity contribution in [3.05, 3.63) is 65.2 Å². The average Bonchev–Trinajstić information content (AvgIpc) is 3.04. The van der Waals surface area contributed by atoms with Crippen molar-refractivity contribution < 1.29 is 13.2 Å². The van der Waals surface area contributed by atoms with E-state index >= 15 is 0 Å². The van der Waals surface area contributed by atoms with Gasteiger partial charge >= 0.3 is 0 Å². The fourth-order valence-electron chi connectivity index (χ4n) is 3.65. The predicted molar refractivity (Wildman–Crippen MR) is 123 cm³/mol. The number of hydrogen-bond acceptors (Lipinski definition) is 5. The van der Waals surface area contributed by atoms with Gasteiger partial charge in [0.2, 0.25) is 10.0 Å². The molecule has 0 bridgehead atoms. The van der Waals surface area contributed by atoms with E-state index < -0.39 is 10.0 Å². The average molecular weight is 455 g/mol. The van der Waals surface area contributed by atoms with Crippen LogP contribution in [0.25, 0.3) is 0 Å². The molecule has 1 amide bonds. The highest BCUT2D eigenvalue weighted by Crippen LogP contribution is 2.16. The Kier molecular flexibility index (Phi) is 8.02. The maximum atomic E-state index is 13.0. The zero-order valence-electron chi connectivity index (χ0n) is 18.6. The molecule has 0 aliphatic carbocycles. The molecule has 0 aromatic heterocycles. The quantitative estimate of drug-likeness (QED) is 0.694. The van der Waals surface area contributed by atoms with Crippen molar-refractivity contribution in [3.63, 3.8) is 0 Å². The Morgan fingerprint density at radius 1 is 1.06 bits per heavy atom. The van der Waals surface area contributed by atoms with Gasteiger partial charge in [0.1, 0.15) is 0 Å². The maximum absolute atomic E-state index is 13.0. The molecule has 1 heterocycles. The zero-order chi connectivity index (χ0) is 23.1. The van der Waals surface area contributed by atoms with Gasteiger partial charge in [0.15, 0.2) is 0 Å². The summed E-state index contributed by atoms with van der Waals surface area (Å²) in [5.41, 5.74) is 2.29. The fraction of sp³-hybridized carbons (Fsp3) is 0.417. The molecule has 0 saturated carbocycles. The van der Waals surface area contributed by atoms with Crippen LogP contribution in [0.2, 0.25) is 0 Å². The number of amides is 1. The molecule has 1 saturated heterocycles. The SMILES string of the molecule is CCC(C)NS(=O)(=O)c1ccc(C(=O)N2CCCN(Cc3ccc(C#N)cc3)CC2)cc1. The third kappa shape index (κ3) is 6.16. The lowest BCUT2D eigenvalue weighted by Crippen LogP contribution is -2.35. The number of carbonyl (C=O) groups excluding carboxylic acids is 1. The van der Waals surface area contributed by atoms with Crippen molar-refractivity contribution in [2.75, 3.05) is 26.2 Å². The summed E-state index contributed by atoms with van der Waals surface area (Å²) in [6.07, 6.45) is 1.57. The van der Waals surface area contributed by atoms with Gasteiger partial charge in [-0.25, -0.2) is 13.1 Å². The van der Waals surface area contributed by atoms with Crippen molar-refractivity contribution in [1.29, 1.82) is 5.26 Å². The molecule has 1 unspecified atom stereocenters. The number of hydrogen-bond donors (Lipinski definition) is 1. The molecule has 0 radical (unpaired) electrons. The fourth-order valence-corrected chi connectivity index (χ4v) is 4.98. The molecule has 3 rings (SSSR count). The first-order valence-electron chi connectivity index (χ1n) is 11.0. The molecule has 32 heavy (non-hydrogen) atoms. The molecular weight excluding hydrogens is 424 g/mol. The summed E-state index contributed by atoms with van der Waals surface area (Å²) < 4.78 is 27.5. The molecule has 0 spiro atoms. The molecule has 1 atom stereocenters. The van der Waals surface area contributed by atoms with Gasteiger partial charge in [0, 0.05) is 44.3 Å². The van der Waals surface area contributed by atoms with E-state index in [2.05, 4.69) is 15.7 Å². The first-order valence-corrected chi connectivity index (χ1v) is 12.4. The Balaban J connectivity index is 1.60. The van der Waals surface area contributed by atoms with Crippen molar-refractivity contribution in [2.24, 2.45) is 0 Å². The second-order valence-electron chi connectivity index (χ2n) is 8.19. The summed E-state index contributed by atoms with van der Waals surface area (Å²) in [5.74, 6) is -0.0796. The van der Waals surface area contributed by atoms with Crippen molar-refractivity contribution in [3.8, 4) is 6.07 Å². The minimum absolute atomic E-state index is 0.0796. The van der Waals surface area contributed by atoms with Crippen LogP contribution in [-0.4, -0.2) is 56.3 Å². The van der Waals surface area contributed by atoms with Gasteiger partial charge in [0.05, 0.1) is 16.5 Å². The van der Waals surface area contributed by atoms with E-state index in [1.54, 1.807) is 12.1 Å². The smallest absolute Gasteiger partial charge is 0.253 e. The number of nitriles is 1. The minimum Gasteiger partial charge on any atom is -0.337 e. The molecule has 7 nitrogen and oxygen atoms in total. The van der Waals surface area contributed by atoms with Crippen LogP contribution in [0.4, 0.5) is 0 Å². The summed E-state index contributed by atoms with van der Waals surface area (Å²) in [6, 6.07) is 15.7. The molecule has 8 heteroatoms. The van der Waals surface area contributed by atoms with E-state index in [1.165, 1.54) is 12.1 Å². The first-order chi connectivity index (χ1) is 15.3. The third-order valence-electron chi connectivity index (χ3n) is 5.75. The molecule has 170 valence electrons. The van der Waals surface area contributed by atoms with Gasteiger partial charge < -0.3 is 4.90 Å². The van der Waals surface area contributed by atoms with Crippen LogP contribution in [0.15, 0.2) is 53.4 Å². The third-order valence-corrected chi connectivity index (χ3v) is 7.35. The van der Waals surface area contributed by atoms with E-state index in [4.69, 9.17) is 5.26 Å². The summed E-state index contributed by atoms with van der Waals surface area (Å²) in [6.45, 7) is 7.45. The van der Waals surface area contributed by atoms with Crippen LogP contribution in [0.5, 0.6) is 0 Å². The highest BCUT2D eigenvalue weighted by Gasteiger charge is 2.22. The zero-order valence-corrected chi connectivity index (χ0v) is 19.4. The topological polar surface area (TPSA) is 93.5 Å². The Morgan fingerprint density at radius 3 is 2.38 bits per heavy atom. The van der Waals surface area contributed by atoms with Crippen LogP contribution < -0.4 is 4.72 Å². The number of nitrogens with one attached hydrogen (secondary N) is 1. The largest absolute Gasteiger partial charge is 0.337 e. The predicted octanol–water partition coefficient (Wildman–Crippen LogP) is 2.98. The summed E-state index contributed by atoms with van der Waals surface area (Å²) in [5, 5.41) is 8.93. The van der Waals surface area contributed by atoms with Crippen molar-refractivity contribution in [2.45, 2.75) is 44.2 Å². The molecule has 1 fully saturated rings. The van der Waals surface area contributed by atoms with Crippen LogP contribution in [0.1, 0.15) is 48.2 Å². The Hall–Kier alpha value is -2.73. The maximum Gasteiger partial charge on any atom is 0.253 e. The number of carbonyl (C=O) groups is 1. The second-order valence-corrected chi connectivity index (χ2v) is 9.90. The first kappa shape index (κ1) is 23.9. The minimum atomic E-state index is -3.59. The van der Waals surface area contributed by atoms with Crippen LogP contribution in [0.3, 0.4) is 0 Å². The number of sulfonamides is 1. The van der Waals surface area contributed by atoms with Gasteiger partial charge in [-0.15, -0.1) is 0 Å². The molecule has 1 aliphatic rings. The number of nitrogens with zero attached hydrogens (tertiary/aromatic N) is 3. The van der Waals surface area contributed by atoms with Gasteiger partial charge in [-0.1, -0.05) is 19.1 Å². The molecular formula is C24H30N4O3S. The van der Waals surface area contributed by atoms with Crippen LogP contribution in [-0.2, 0) is 16.6 Å². The molecule has 1 N–H and O–H groups in total. The van der Waals surface area contributed by atoms with Gasteiger partial charge in [0.25, 0.3) is 5.91 Å². The lowest BCUT2D eigenvalue weighted by Gasteiger charge is -2.22. The van der Waals surface area contributed by atoms with E-state index in [1.807, 2.05) is 43.0 Å². The summed E-state index contributed by atoms with van der Waals surface area (Å²) >= 11 is 0. The van der Waals surface area contributed by atoms with Gasteiger partial charge in [-0.2, -0.15) is 5.26 Å². The molecule has 2 aromatic rings. The Morgan fingerprint density at radius 2 is 1.75 bits per heavy atom. The van der Waals surface area contributed by atoms with Crippen molar-refractivity contribution in [1.82, 2.24) is 14.5 Å². The Bertz CT molecular complexity index is 1060. The molecule has 2 aromatic carbocycles. The Labute approximate surface area is 190 Å². The van der Waals surface area contributed by atoms with Crippen LogP contribution >= 0.6 is 0 Å². The monoisotopic (exact) mass is 454 g/mol. The van der Waals surface area contributed by atoms with E-state index in [-0.39, 0.29) is 16.8 Å². The normalized spacial score (nSPS) is 16.2. The highest BCUT2D eigenvalue weighted by molar-refractivity contribution is 7.89. The number of benzene rings is 2. The summed E-state index contributed by atoms with van der Waals surface area (Å²) in [7, 11) is -3.59.